The van der Waals surface area contributed by atoms with Gasteiger partial charge in [-0.05, 0) is 24.3 Å². The van der Waals surface area contributed by atoms with E-state index >= 15 is 0 Å². The molecule has 5 nitrogen and oxygen atoms in total. The molecule has 0 radical (unpaired) electrons. The van der Waals surface area contributed by atoms with Gasteiger partial charge in [-0.25, -0.2) is 13.6 Å². The van der Waals surface area contributed by atoms with Gasteiger partial charge >= 0.3 is 5.97 Å². The number of carbonyl (C=O) groups is 1. The molecule has 134 valence electrons. The van der Waals surface area contributed by atoms with E-state index in [0.29, 0.717) is 5.56 Å². The van der Waals surface area contributed by atoms with Gasteiger partial charge < -0.3 is 14.0 Å². The number of ether oxygens (including phenoxy) is 2. The van der Waals surface area contributed by atoms with Crippen molar-refractivity contribution in [1.29, 1.82) is 0 Å². The molecule has 2 rings (SSSR count). The molecule has 0 saturated carbocycles. The van der Waals surface area contributed by atoms with Crippen LogP contribution in [-0.2, 0) is 18.6 Å². The van der Waals surface area contributed by atoms with Crippen LogP contribution in [0.15, 0.2) is 48.5 Å². The number of hydrogen-bond acceptors (Lipinski definition) is 5. The Morgan fingerprint density at radius 1 is 1.12 bits per heavy atom. The van der Waals surface area contributed by atoms with Crippen molar-refractivity contribution in [3.05, 3.63) is 65.7 Å². The topological polar surface area (TPSA) is 61.8 Å². The Morgan fingerprint density at radius 2 is 1.76 bits per heavy atom. The molecule has 0 heterocycles. The molecule has 0 aromatic heterocycles. The number of rotatable bonds is 7. The zero-order valence-corrected chi connectivity index (χ0v) is 14.5. The molecule has 0 bridgehead atoms. The average Bonchev–Trinajstić information content (AvgIpc) is 2.60. The normalized spacial score (nSPS) is 14.4. The van der Waals surface area contributed by atoms with Gasteiger partial charge in [0.1, 0.15) is 5.82 Å². The van der Waals surface area contributed by atoms with Gasteiger partial charge in [0.2, 0.25) is 13.2 Å². The van der Waals surface area contributed by atoms with Gasteiger partial charge in [0.05, 0.1) is 0 Å². The van der Waals surface area contributed by atoms with Crippen molar-refractivity contribution in [1.82, 2.24) is 0 Å². The van der Waals surface area contributed by atoms with Gasteiger partial charge in [-0.15, -0.1) is 0 Å². The largest absolute Gasteiger partial charge is 0.479 e. The Labute approximate surface area is 144 Å². The third-order valence-corrected chi connectivity index (χ3v) is 5.35. The second kappa shape index (κ2) is 8.23. The van der Waals surface area contributed by atoms with Crippen LogP contribution in [0.3, 0.4) is 0 Å². The Bertz CT molecular complexity index is 779. The summed E-state index contributed by atoms with van der Waals surface area (Å²) >= 11 is 0. The molecular formula is C17H17F2O5P. The van der Waals surface area contributed by atoms with Gasteiger partial charge in [-0.1, -0.05) is 24.3 Å². The molecule has 0 amide bonds. The van der Waals surface area contributed by atoms with E-state index in [-0.39, 0.29) is 5.75 Å². The van der Waals surface area contributed by atoms with E-state index in [2.05, 4.69) is 0 Å². The molecule has 2 unspecified atom stereocenters. The lowest BCUT2D eigenvalue weighted by Gasteiger charge is -2.23. The predicted octanol–water partition coefficient (Wildman–Crippen LogP) is 4.14. The van der Waals surface area contributed by atoms with Gasteiger partial charge in [0, 0.05) is 19.3 Å². The van der Waals surface area contributed by atoms with Crippen LogP contribution in [0, 0.1) is 11.6 Å². The Morgan fingerprint density at radius 3 is 2.36 bits per heavy atom. The standard InChI is InChI=1S/C17H17F2O5P/c1-22-25(2,21)17(12-7-9-13(18)10-8-12)24-16(20)11-23-15-6-4-3-5-14(15)19/h3-10,17H,11H2,1-2H3. The smallest absolute Gasteiger partial charge is 0.345 e. The number of halogens is 2. The van der Waals surface area contributed by atoms with Gasteiger partial charge in [-0.2, -0.15) is 0 Å². The third-order valence-electron chi connectivity index (χ3n) is 3.37. The highest BCUT2D eigenvalue weighted by Crippen LogP contribution is 2.56. The first-order valence-corrected chi connectivity index (χ1v) is 9.43. The summed E-state index contributed by atoms with van der Waals surface area (Å²) in [6.45, 7) is 0.717. The number of esters is 1. The van der Waals surface area contributed by atoms with Crippen molar-refractivity contribution in [3.63, 3.8) is 0 Å². The van der Waals surface area contributed by atoms with E-state index in [4.69, 9.17) is 14.0 Å². The van der Waals surface area contributed by atoms with E-state index in [1.54, 1.807) is 6.07 Å². The molecule has 2 aromatic carbocycles. The lowest BCUT2D eigenvalue weighted by Crippen LogP contribution is -2.19. The third kappa shape index (κ3) is 5.11. The molecule has 2 atom stereocenters. The summed E-state index contributed by atoms with van der Waals surface area (Å²) in [5.74, 6) is -3.31. The van der Waals surface area contributed by atoms with Crippen LogP contribution in [0.5, 0.6) is 5.75 Å². The quantitative estimate of drug-likeness (QED) is 0.542. The second-order valence-corrected chi connectivity index (χ2v) is 7.86. The average molecular weight is 370 g/mol. The van der Waals surface area contributed by atoms with Gasteiger partial charge in [-0.3, -0.25) is 4.57 Å². The predicted molar refractivity (Wildman–Crippen MR) is 87.7 cm³/mol. The number of carbonyl (C=O) groups excluding carboxylic acids is 1. The molecular weight excluding hydrogens is 353 g/mol. The van der Waals surface area contributed by atoms with E-state index in [0.717, 1.165) is 12.1 Å². The monoisotopic (exact) mass is 370 g/mol. The molecule has 0 N–H and O–H groups in total. The summed E-state index contributed by atoms with van der Waals surface area (Å²) in [6, 6.07) is 10.6. The van der Waals surface area contributed by atoms with Crippen LogP contribution in [0.2, 0.25) is 0 Å². The summed E-state index contributed by atoms with van der Waals surface area (Å²) in [6.07, 6.45) is 0. The summed E-state index contributed by atoms with van der Waals surface area (Å²) in [7, 11) is -2.15. The maximum atomic E-state index is 13.5. The molecule has 25 heavy (non-hydrogen) atoms. The fourth-order valence-electron chi connectivity index (χ4n) is 2.01. The fourth-order valence-corrected chi connectivity index (χ4v) is 3.23. The Balaban J connectivity index is 2.11. The minimum atomic E-state index is -3.37. The number of para-hydroxylation sites is 1. The Kier molecular flexibility index (Phi) is 6.28. The van der Waals surface area contributed by atoms with Crippen molar-refractivity contribution >= 4 is 13.3 Å². The van der Waals surface area contributed by atoms with Crippen molar-refractivity contribution in [2.45, 2.75) is 5.85 Å². The molecule has 0 aliphatic heterocycles. The number of benzene rings is 2. The lowest BCUT2D eigenvalue weighted by atomic mass is 10.2. The van der Waals surface area contributed by atoms with Crippen LogP contribution < -0.4 is 4.74 Å². The van der Waals surface area contributed by atoms with Crippen LogP contribution >= 0.6 is 7.37 Å². The van der Waals surface area contributed by atoms with Crippen LogP contribution in [0.4, 0.5) is 8.78 Å². The molecule has 2 aromatic rings. The van der Waals surface area contributed by atoms with Crippen molar-refractivity contribution in [2.75, 3.05) is 20.4 Å². The highest BCUT2D eigenvalue weighted by molar-refractivity contribution is 7.58. The van der Waals surface area contributed by atoms with E-state index in [9.17, 15) is 18.1 Å². The van der Waals surface area contributed by atoms with Crippen LogP contribution in [-0.4, -0.2) is 26.4 Å². The molecule has 0 aliphatic rings. The minimum Gasteiger partial charge on any atom is -0.479 e. The number of hydrogen-bond donors (Lipinski definition) is 0. The van der Waals surface area contributed by atoms with E-state index in [1.807, 2.05) is 0 Å². The molecule has 0 fully saturated rings. The maximum absolute atomic E-state index is 13.5. The van der Waals surface area contributed by atoms with Crippen molar-refractivity contribution < 1.29 is 32.1 Å². The van der Waals surface area contributed by atoms with Crippen molar-refractivity contribution in [2.24, 2.45) is 0 Å². The first-order valence-electron chi connectivity index (χ1n) is 7.28. The minimum absolute atomic E-state index is 0.107. The van der Waals surface area contributed by atoms with Crippen LogP contribution in [0.1, 0.15) is 11.4 Å². The Hall–Kier alpha value is -2.24. The van der Waals surface area contributed by atoms with Gasteiger partial charge in [0.25, 0.3) is 0 Å². The molecule has 8 heteroatoms. The molecule has 0 spiro atoms. The zero-order valence-electron chi connectivity index (χ0n) is 13.6. The first-order chi connectivity index (χ1) is 11.8. The molecule has 0 saturated heterocycles. The molecule has 0 aliphatic carbocycles. The summed E-state index contributed by atoms with van der Waals surface area (Å²) in [4.78, 5) is 12.0. The maximum Gasteiger partial charge on any atom is 0.345 e. The lowest BCUT2D eigenvalue weighted by molar-refractivity contribution is -0.148. The zero-order chi connectivity index (χ0) is 18.4. The highest BCUT2D eigenvalue weighted by Gasteiger charge is 2.33. The fraction of sp³-hybridized carbons (Fsp3) is 0.235. The highest BCUT2D eigenvalue weighted by atomic mass is 31.2. The summed E-state index contributed by atoms with van der Waals surface area (Å²) in [5, 5.41) is 0. The first kappa shape index (κ1) is 19.1. The SMILES string of the molecule is COP(C)(=O)C(OC(=O)COc1ccccc1F)c1ccc(F)cc1. The van der Waals surface area contributed by atoms with Crippen molar-refractivity contribution in [3.8, 4) is 5.75 Å². The van der Waals surface area contributed by atoms with E-state index < -0.39 is 37.4 Å². The van der Waals surface area contributed by atoms with E-state index in [1.165, 1.54) is 44.1 Å². The summed E-state index contributed by atoms with van der Waals surface area (Å²) < 4.78 is 54.3. The van der Waals surface area contributed by atoms with Gasteiger partial charge in [0.15, 0.2) is 18.2 Å². The summed E-state index contributed by atoms with van der Waals surface area (Å²) in [5.41, 5.74) is 0.313. The van der Waals surface area contributed by atoms with Crippen LogP contribution in [0.25, 0.3) is 0 Å². The second-order valence-electron chi connectivity index (χ2n) is 5.20.